The molecule has 3 rings (SSSR count). The largest absolute Gasteiger partial charge is 0.344 e. The summed E-state index contributed by atoms with van der Waals surface area (Å²) in [6.07, 6.45) is 3.20. The number of hydrogen-bond donors (Lipinski definition) is 1. The Hall–Kier alpha value is -2.63. The summed E-state index contributed by atoms with van der Waals surface area (Å²) in [5.41, 5.74) is 2.29. The molecular weight excluding hydrogens is 342 g/mol. The Morgan fingerprint density at radius 3 is 2.44 bits per heavy atom. The number of likely N-dealkylation sites (tertiary alicyclic amines) is 2. The predicted octanol–water partition coefficient (Wildman–Crippen LogP) is 1.64. The van der Waals surface area contributed by atoms with E-state index in [0.29, 0.717) is 45.4 Å². The number of nitrogens with zero attached hydrogens (tertiary/aromatic N) is 2. The van der Waals surface area contributed by atoms with Crippen LogP contribution in [-0.4, -0.2) is 53.2 Å². The van der Waals surface area contributed by atoms with E-state index in [1.165, 1.54) is 11.6 Å². The van der Waals surface area contributed by atoms with Gasteiger partial charge in [0.2, 0.25) is 17.7 Å². The van der Waals surface area contributed by atoms with Crippen LogP contribution in [0.4, 0.5) is 0 Å². The number of hydrogen-bond acceptors (Lipinski definition) is 3. The molecule has 2 fully saturated rings. The molecule has 0 aromatic heterocycles. The van der Waals surface area contributed by atoms with Crippen LogP contribution < -0.4 is 5.32 Å². The Morgan fingerprint density at radius 2 is 1.81 bits per heavy atom. The lowest BCUT2D eigenvalue weighted by atomic mass is 9.95. The van der Waals surface area contributed by atoms with E-state index in [9.17, 15) is 14.4 Å². The van der Waals surface area contributed by atoms with Crippen molar-refractivity contribution in [1.29, 1.82) is 0 Å². The number of amides is 3. The van der Waals surface area contributed by atoms with Crippen LogP contribution in [0.5, 0.6) is 0 Å². The van der Waals surface area contributed by atoms with Crippen molar-refractivity contribution in [2.75, 3.05) is 19.6 Å². The van der Waals surface area contributed by atoms with Crippen molar-refractivity contribution in [2.24, 2.45) is 5.92 Å². The van der Waals surface area contributed by atoms with Gasteiger partial charge in [0, 0.05) is 32.1 Å². The van der Waals surface area contributed by atoms with Crippen molar-refractivity contribution < 1.29 is 14.4 Å². The minimum absolute atomic E-state index is 0.0109. The minimum Gasteiger partial charge on any atom is -0.344 e. The molecule has 2 heterocycles. The number of carbonyl (C=O) groups excluding carboxylic acids is 3. The van der Waals surface area contributed by atoms with E-state index >= 15 is 0 Å². The van der Waals surface area contributed by atoms with Crippen molar-refractivity contribution >= 4 is 17.7 Å². The molecule has 1 aromatic carbocycles. The molecule has 1 aromatic rings. The zero-order valence-corrected chi connectivity index (χ0v) is 15.8. The first-order chi connectivity index (χ1) is 13.0. The summed E-state index contributed by atoms with van der Waals surface area (Å²) in [5, 5.41) is 2.93. The van der Waals surface area contributed by atoms with Crippen molar-refractivity contribution in [3.05, 3.63) is 48.0 Å². The van der Waals surface area contributed by atoms with Gasteiger partial charge in [-0.2, -0.15) is 0 Å². The number of piperidine rings is 1. The van der Waals surface area contributed by atoms with Crippen LogP contribution in [0.2, 0.25) is 0 Å². The Bertz CT molecular complexity index is 721. The molecule has 1 N–H and O–H groups in total. The first-order valence-corrected chi connectivity index (χ1v) is 9.54. The molecule has 0 saturated carbocycles. The van der Waals surface area contributed by atoms with E-state index in [0.717, 1.165) is 5.56 Å². The van der Waals surface area contributed by atoms with Gasteiger partial charge in [0.05, 0.1) is 0 Å². The van der Waals surface area contributed by atoms with Gasteiger partial charge >= 0.3 is 0 Å². The number of benzene rings is 1. The fourth-order valence-electron chi connectivity index (χ4n) is 3.72. The summed E-state index contributed by atoms with van der Waals surface area (Å²) < 4.78 is 0. The second-order valence-electron chi connectivity index (χ2n) is 7.40. The van der Waals surface area contributed by atoms with Crippen LogP contribution in [-0.2, 0) is 20.9 Å². The second kappa shape index (κ2) is 8.37. The molecule has 2 aliphatic heterocycles. The molecule has 0 bridgehead atoms. The average molecular weight is 369 g/mol. The highest BCUT2D eigenvalue weighted by Crippen LogP contribution is 2.20. The molecule has 6 heteroatoms. The number of carbonyl (C=O) groups is 3. The second-order valence-corrected chi connectivity index (χ2v) is 7.40. The van der Waals surface area contributed by atoms with Crippen LogP contribution in [0.25, 0.3) is 0 Å². The van der Waals surface area contributed by atoms with Crippen LogP contribution in [0, 0.1) is 12.8 Å². The standard InChI is InChI=1S/C21H27N3O3/c1-3-19(25)23-11-8-17(9-12-23)20(26)22-18-10-13-24(21(18)27)14-16-6-4-15(2)5-7-16/h3-7,17-18H,1,8-14H2,2H3,(H,22,26). The van der Waals surface area contributed by atoms with Crippen molar-refractivity contribution in [3.8, 4) is 0 Å². The summed E-state index contributed by atoms with van der Waals surface area (Å²) in [5.74, 6) is -0.316. The van der Waals surface area contributed by atoms with Crippen LogP contribution in [0.3, 0.4) is 0 Å². The topological polar surface area (TPSA) is 69.7 Å². The van der Waals surface area contributed by atoms with E-state index in [-0.39, 0.29) is 23.6 Å². The molecule has 2 aliphatic rings. The van der Waals surface area contributed by atoms with Gasteiger partial charge in [0.1, 0.15) is 6.04 Å². The SMILES string of the molecule is C=CC(=O)N1CCC(C(=O)NC2CCN(Cc3ccc(C)cc3)C2=O)CC1. The third-order valence-corrected chi connectivity index (χ3v) is 5.46. The summed E-state index contributed by atoms with van der Waals surface area (Å²) in [6.45, 7) is 7.88. The van der Waals surface area contributed by atoms with Crippen LogP contribution in [0.1, 0.15) is 30.4 Å². The highest BCUT2D eigenvalue weighted by molar-refractivity contribution is 5.90. The molecule has 1 unspecified atom stereocenters. The molecule has 1 atom stereocenters. The molecular formula is C21H27N3O3. The maximum absolute atomic E-state index is 12.6. The normalized spacial score (nSPS) is 20.6. The van der Waals surface area contributed by atoms with E-state index in [4.69, 9.17) is 0 Å². The quantitative estimate of drug-likeness (QED) is 0.802. The maximum Gasteiger partial charge on any atom is 0.245 e. The first kappa shape index (κ1) is 19.1. The number of aryl methyl sites for hydroxylation is 1. The van der Waals surface area contributed by atoms with E-state index in [1.807, 2.05) is 31.2 Å². The fourth-order valence-corrected chi connectivity index (χ4v) is 3.72. The molecule has 0 spiro atoms. The number of nitrogens with one attached hydrogen (secondary N) is 1. The first-order valence-electron chi connectivity index (χ1n) is 9.54. The van der Waals surface area contributed by atoms with Crippen molar-refractivity contribution in [2.45, 2.75) is 38.8 Å². The summed E-state index contributed by atoms with van der Waals surface area (Å²) in [4.78, 5) is 40.3. The molecule has 3 amide bonds. The predicted molar refractivity (Wildman–Crippen MR) is 103 cm³/mol. The molecule has 27 heavy (non-hydrogen) atoms. The Morgan fingerprint density at radius 1 is 1.15 bits per heavy atom. The van der Waals surface area contributed by atoms with Gasteiger partial charge < -0.3 is 15.1 Å². The van der Waals surface area contributed by atoms with Crippen molar-refractivity contribution in [1.82, 2.24) is 15.1 Å². The third kappa shape index (κ3) is 4.56. The van der Waals surface area contributed by atoms with Crippen molar-refractivity contribution in [3.63, 3.8) is 0 Å². The van der Waals surface area contributed by atoms with E-state index in [2.05, 4.69) is 11.9 Å². The van der Waals surface area contributed by atoms with Gasteiger partial charge in [-0.25, -0.2) is 0 Å². The molecule has 6 nitrogen and oxygen atoms in total. The van der Waals surface area contributed by atoms with Gasteiger partial charge in [-0.15, -0.1) is 0 Å². The lowest BCUT2D eigenvalue weighted by molar-refractivity contribution is -0.135. The third-order valence-electron chi connectivity index (χ3n) is 5.46. The molecule has 0 aliphatic carbocycles. The van der Waals surface area contributed by atoms with E-state index < -0.39 is 6.04 Å². The monoisotopic (exact) mass is 369 g/mol. The zero-order chi connectivity index (χ0) is 19.4. The van der Waals surface area contributed by atoms with Crippen LogP contribution >= 0.6 is 0 Å². The molecule has 0 radical (unpaired) electrons. The van der Waals surface area contributed by atoms with Gasteiger partial charge in [-0.05, 0) is 37.8 Å². The van der Waals surface area contributed by atoms with Gasteiger partial charge in [-0.3, -0.25) is 14.4 Å². The lowest BCUT2D eigenvalue weighted by Gasteiger charge is -2.31. The smallest absolute Gasteiger partial charge is 0.245 e. The Labute approximate surface area is 160 Å². The lowest BCUT2D eigenvalue weighted by Crippen LogP contribution is -2.47. The van der Waals surface area contributed by atoms with Gasteiger partial charge in [-0.1, -0.05) is 36.4 Å². The van der Waals surface area contributed by atoms with E-state index in [1.54, 1.807) is 9.80 Å². The highest BCUT2D eigenvalue weighted by atomic mass is 16.2. The fraction of sp³-hybridized carbons (Fsp3) is 0.476. The summed E-state index contributed by atoms with van der Waals surface area (Å²) >= 11 is 0. The minimum atomic E-state index is -0.434. The van der Waals surface area contributed by atoms with Gasteiger partial charge in [0.25, 0.3) is 0 Å². The average Bonchev–Trinajstić information content (AvgIpc) is 3.02. The van der Waals surface area contributed by atoms with Crippen LogP contribution in [0.15, 0.2) is 36.9 Å². The molecule has 144 valence electrons. The Kier molecular flexibility index (Phi) is 5.94. The Balaban J connectivity index is 1.49. The summed E-state index contributed by atoms with van der Waals surface area (Å²) in [6, 6.07) is 7.72. The highest BCUT2D eigenvalue weighted by Gasteiger charge is 2.35. The maximum atomic E-state index is 12.6. The summed E-state index contributed by atoms with van der Waals surface area (Å²) in [7, 11) is 0. The molecule has 2 saturated heterocycles. The zero-order valence-electron chi connectivity index (χ0n) is 15.8. The van der Waals surface area contributed by atoms with Gasteiger partial charge in [0.15, 0.2) is 0 Å². The number of rotatable bonds is 5.